The van der Waals surface area contributed by atoms with Crippen molar-refractivity contribution >= 4 is 11.6 Å². The molecule has 0 aliphatic carbocycles. The van der Waals surface area contributed by atoms with Gasteiger partial charge in [-0.3, -0.25) is 0 Å². The minimum absolute atomic E-state index is 0.187. The van der Waals surface area contributed by atoms with Crippen LogP contribution in [-0.4, -0.2) is 6.54 Å². The second-order valence-corrected chi connectivity index (χ2v) is 4.91. The Morgan fingerprint density at radius 1 is 1.16 bits per heavy atom. The zero-order valence-electron chi connectivity index (χ0n) is 11.1. The lowest BCUT2D eigenvalue weighted by Gasteiger charge is -2.15. The Morgan fingerprint density at radius 2 is 1.89 bits per heavy atom. The molecule has 0 fully saturated rings. The Balaban J connectivity index is 2.46. The van der Waals surface area contributed by atoms with E-state index in [1.807, 2.05) is 30.3 Å². The molecule has 2 rings (SSSR count). The van der Waals surface area contributed by atoms with Crippen LogP contribution in [0.4, 0.5) is 4.39 Å². The highest BCUT2D eigenvalue weighted by Crippen LogP contribution is 2.31. The fourth-order valence-electron chi connectivity index (χ4n) is 2.12. The first-order valence-electron chi connectivity index (χ1n) is 6.41. The molecule has 1 atom stereocenters. The van der Waals surface area contributed by atoms with E-state index in [1.165, 1.54) is 6.07 Å². The van der Waals surface area contributed by atoms with Crippen molar-refractivity contribution in [3.8, 4) is 11.1 Å². The molecule has 0 saturated heterocycles. The Bertz CT molecular complexity index is 568. The van der Waals surface area contributed by atoms with Crippen LogP contribution < -0.4 is 5.32 Å². The van der Waals surface area contributed by atoms with Gasteiger partial charge in [0.05, 0.1) is 0 Å². The van der Waals surface area contributed by atoms with E-state index < -0.39 is 0 Å². The van der Waals surface area contributed by atoms with E-state index in [2.05, 4.69) is 19.2 Å². The molecular weight excluding hydrogens is 261 g/mol. The van der Waals surface area contributed by atoms with Crippen molar-refractivity contribution in [3.63, 3.8) is 0 Å². The van der Waals surface area contributed by atoms with E-state index in [0.717, 1.165) is 17.7 Å². The summed E-state index contributed by atoms with van der Waals surface area (Å²) in [6, 6.07) is 12.7. The summed E-state index contributed by atoms with van der Waals surface area (Å²) < 4.78 is 14.0. The summed E-state index contributed by atoms with van der Waals surface area (Å²) in [7, 11) is 0. The van der Waals surface area contributed by atoms with Gasteiger partial charge in [0.2, 0.25) is 0 Å². The largest absolute Gasteiger partial charge is 0.310 e. The number of hydrogen-bond acceptors (Lipinski definition) is 1. The summed E-state index contributed by atoms with van der Waals surface area (Å²) in [5.41, 5.74) is 2.33. The molecule has 0 spiro atoms. The van der Waals surface area contributed by atoms with E-state index in [-0.39, 0.29) is 11.9 Å². The lowest BCUT2D eigenvalue weighted by Crippen LogP contribution is -2.17. The maximum atomic E-state index is 14.0. The molecule has 3 heteroatoms. The molecule has 0 aliphatic heterocycles. The molecule has 2 aromatic carbocycles. The Kier molecular flexibility index (Phi) is 4.56. The zero-order chi connectivity index (χ0) is 13.8. The molecule has 0 aromatic heterocycles. The maximum Gasteiger partial charge on any atom is 0.131 e. The third-order valence-electron chi connectivity index (χ3n) is 3.16. The summed E-state index contributed by atoms with van der Waals surface area (Å²) in [6.45, 7) is 4.99. The average molecular weight is 278 g/mol. The van der Waals surface area contributed by atoms with Gasteiger partial charge in [-0.1, -0.05) is 42.8 Å². The molecule has 0 heterocycles. The van der Waals surface area contributed by atoms with Crippen molar-refractivity contribution in [1.29, 1.82) is 0 Å². The third kappa shape index (κ3) is 3.14. The smallest absolute Gasteiger partial charge is 0.131 e. The molecule has 1 nitrogen and oxygen atoms in total. The fourth-order valence-corrected chi connectivity index (χ4v) is 2.36. The van der Waals surface area contributed by atoms with Crippen LogP contribution in [-0.2, 0) is 0 Å². The molecule has 2 aromatic rings. The predicted molar refractivity (Wildman–Crippen MR) is 78.9 cm³/mol. The van der Waals surface area contributed by atoms with Crippen LogP contribution >= 0.6 is 11.6 Å². The maximum absolute atomic E-state index is 14.0. The molecule has 0 aliphatic rings. The minimum Gasteiger partial charge on any atom is -0.310 e. The highest BCUT2D eigenvalue weighted by Gasteiger charge is 2.12. The summed E-state index contributed by atoms with van der Waals surface area (Å²) in [5.74, 6) is -0.249. The van der Waals surface area contributed by atoms with Crippen LogP contribution in [0.25, 0.3) is 11.1 Å². The van der Waals surface area contributed by atoms with Gasteiger partial charge in [-0.25, -0.2) is 4.39 Å². The topological polar surface area (TPSA) is 12.0 Å². The van der Waals surface area contributed by atoms with Gasteiger partial charge in [0.25, 0.3) is 0 Å². The first kappa shape index (κ1) is 14.0. The van der Waals surface area contributed by atoms with Gasteiger partial charge in [-0.15, -0.1) is 0 Å². The van der Waals surface area contributed by atoms with E-state index >= 15 is 0 Å². The fraction of sp³-hybridized carbons (Fsp3) is 0.250. The first-order chi connectivity index (χ1) is 9.13. The van der Waals surface area contributed by atoms with Crippen molar-refractivity contribution in [3.05, 3.63) is 58.9 Å². The molecular formula is C16H17ClFN. The standard InChI is InChI=1S/C16H17ClFN/c1-3-19-11(2)12-8-9-16(18)14(10-12)13-6-4-5-7-15(13)17/h4-11,19H,3H2,1-2H3. The van der Waals surface area contributed by atoms with Crippen LogP contribution in [0.3, 0.4) is 0 Å². The average Bonchev–Trinajstić information content (AvgIpc) is 2.40. The highest BCUT2D eigenvalue weighted by molar-refractivity contribution is 6.33. The van der Waals surface area contributed by atoms with Crippen molar-refractivity contribution < 1.29 is 4.39 Å². The molecule has 0 bridgehead atoms. The minimum atomic E-state index is -0.249. The van der Waals surface area contributed by atoms with Crippen LogP contribution in [0.1, 0.15) is 25.5 Å². The van der Waals surface area contributed by atoms with Gasteiger partial charge in [-0.2, -0.15) is 0 Å². The lowest BCUT2D eigenvalue weighted by atomic mass is 9.99. The van der Waals surface area contributed by atoms with E-state index in [4.69, 9.17) is 11.6 Å². The van der Waals surface area contributed by atoms with Gasteiger partial charge in [-0.05, 0) is 37.2 Å². The molecule has 0 saturated carbocycles. The second-order valence-electron chi connectivity index (χ2n) is 4.50. The predicted octanol–water partition coefficient (Wildman–Crippen LogP) is 4.82. The van der Waals surface area contributed by atoms with Crippen LogP contribution in [0, 0.1) is 5.82 Å². The van der Waals surface area contributed by atoms with Crippen LogP contribution in [0.2, 0.25) is 5.02 Å². The highest BCUT2D eigenvalue weighted by atomic mass is 35.5. The van der Waals surface area contributed by atoms with Crippen LogP contribution in [0.15, 0.2) is 42.5 Å². The Labute approximate surface area is 118 Å². The summed E-state index contributed by atoms with van der Waals surface area (Å²) in [6.07, 6.45) is 0. The first-order valence-corrected chi connectivity index (χ1v) is 6.79. The van der Waals surface area contributed by atoms with E-state index in [9.17, 15) is 4.39 Å². The van der Waals surface area contributed by atoms with Crippen molar-refractivity contribution in [2.75, 3.05) is 6.54 Å². The number of nitrogens with one attached hydrogen (secondary N) is 1. The SMILES string of the molecule is CCNC(C)c1ccc(F)c(-c2ccccc2Cl)c1. The monoisotopic (exact) mass is 277 g/mol. The third-order valence-corrected chi connectivity index (χ3v) is 3.49. The molecule has 0 amide bonds. The van der Waals surface area contributed by atoms with Gasteiger partial charge in [0.15, 0.2) is 0 Å². The molecule has 1 unspecified atom stereocenters. The number of benzene rings is 2. The summed E-state index contributed by atoms with van der Waals surface area (Å²) in [5, 5.41) is 3.88. The van der Waals surface area contributed by atoms with Crippen molar-refractivity contribution in [2.45, 2.75) is 19.9 Å². The van der Waals surface area contributed by atoms with Crippen molar-refractivity contribution in [1.82, 2.24) is 5.32 Å². The summed E-state index contributed by atoms with van der Waals surface area (Å²) in [4.78, 5) is 0. The lowest BCUT2D eigenvalue weighted by molar-refractivity contribution is 0.593. The van der Waals surface area contributed by atoms with Gasteiger partial charge in [0, 0.05) is 22.2 Å². The van der Waals surface area contributed by atoms with Crippen molar-refractivity contribution in [2.24, 2.45) is 0 Å². The summed E-state index contributed by atoms with van der Waals surface area (Å²) >= 11 is 6.14. The molecule has 100 valence electrons. The van der Waals surface area contributed by atoms with E-state index in [0.29, 0.717) is 10.6 Å². The van der Waals surface area contributed by atoms with E-state index in [1.54, 1.807) is 6.07 Å². The van der Waals surface area contributed by atoms with Crippen LogP contribution in [0.5, 0.6) is 0 Å². The number of halogens is 2. The Hall–Kier alpha value is -1.38. The number of hydrogen-bond donors (Lipinski definition) is 1. The molecule has 0 radical (unpaired) electrons. The Morgan fingerprint density at radius 3 is 2.58 bits per heavy atom. The normalized spacial score (nSPS) is 12.4. The molecule has 1 N–H and O–H groups in total. The quantitative estimate of drug-likeness (QED) is 0.845. The molecule has 19 heavy (non-hydrogen) atoms. The van der Waals surface area contributed by atoms with Gasteiger partial charge >= 0.3 is 0 Å². The zero-order valence-corrected chi connectivity index (χ0v) is 11.8. The van der Waals surface area contributed by atoms with Gasteiger partial charge in [0.1, 0.15) is 5.82 Å². The van der Waals surface area contributed by atoms with Gasteiger partial charge < -0.3 is 5.32 Å². The number of rotatable bonds is 4. The second kappa shape index (κ2) is 6.18.